The van der Waals surface area contributed by atoms with E-state index in [0.717, 1.165) is 12.1 Å². The molecular formula is C27H29N5O9S. The molecule has 15 heteroatoms. The zero-order valence-corrected chi connectivity index (χ0v) is 23.8. The highest BCUT2D eigenvalue weighted by molar-refractivity contribution is 7.90. The Morgan fingerprint density at radius 3 is 2.29 bits per heavy atom. The molecule has 0 spiro atoms. The van der Waals surface area contributed by atoms with Crippen LogP contribution in [0.3, 0.4) is 0 Å². The summed E-state index contributed by atoms with van der Waals surface area (Å²) in [6, 6.07) is 9.42. The molecular weight excluding hydrogens is 570 g/mol. The van der Waals surface area contributed by atoms with Crippen LogP contribution in [0.25, 0.3) is 11.0 Å². The second kappa shape index (κ2) is 12.9. The molecule has 1 saturated heterocycles. The molecule has 1 aromatic heterocycles. The average Bonchev–Trinajstić information content (AvgIpc) is 3.57. The molecule has 42 heavy (non-hydrogen) atoms. The molecule has 3 aromatic rings. The predicted molar refractivity (Wildman–Crippen MR) is 145 cm³/mol. The Hall–Kier alpha value is -4.66. The van der Waals surface area contributed by atoms with Gasteiger partial charge < -0.3 is 14.4 Å². The first-order valence-electron chi connectivity index (χ1n) is 13.1. The predicted octanol–water partition coefficient (Wildman–Crippen LogP) is 1.83. The molecule has 14 nitrogen and oxygen atoms in total. The number of aromatic nitrogens is 3. The van der Waals surface area contributed by atoms with E-state index in [1.807, 2.05) is 0 Å². The van der Waals surface area contributed by atoms with Gasteiger partial charge in [0.1, 0.15) is 5.52 Å². The van der Waals surface area contributed by atoms with E-state index in [1.54, 1.807) is 32.0 Å². The van der Waals surface area contributed by atoms with Gasteiger partial charge in [0, 0.05) is 37.4 Å². The quantitative estimate of drug-likeness (QED) is 0.182. The number of aromatic amines is 1. The number of hydrogen-bond donors (Lipinski definition) is 1. The SMILES string of the molecule is CC(C)N(CCC(=O)OCCCOC(=O)c1ccc2[nH]nnc2c1)C(=O)c1ccc(S(=O)(=O)N2C(=O)CCC2=O)cc1. The molecule has 0 saturated carbocycles. The normalized spacial score (nSPS) is 13.5. The lowest BCUT2D eigenvalue weighted by Gasteiger charge is -2.26. The van der Waals surface area contributed by atoms with Crippen LogP contribution in [0.15, 0.2) is 47.4 Å². The number of benzene rings is 2. The van der Waals surface area contributed by atoms with Gasteiger partial charge in [0.15, 0.2) is 0 Å². The molecule has 2 aromatic carbocycles. The zero-order chi connectivity index (χ0) is 30.4. The van der Waals surface area contributed by atoms with E-state index >= 15 is 0 Å². The molecule has 0 radical (unpaired) electrons. The van der Waals surface area contributed by atoms with Crippen molar-refractivity contribution in [2.24, 2.45) is 0 Å². The number of hydrogen-bond acceptors (Lipinski definition) is 11. The van der Waals surface area contributed by atoms with E-state index < -0.39 is 39.7 Å². The van der Waals surface area contributed by atoms with Gasteiger partial charge in [-0.05, 0) is 56.3 Å². The maximum Gasteiger partial charge on any atom is 0.338 e. The standard InChI is InChI=1S/C27H29N5O9S/c1-17(2)31(26(36)18-4-7-20(8-5-18)42(38,39)32-23(33)10-11-24(32)34)13-12-25(35)40-14-3-15-41-27(37)19-6-9-21-22(16-19)29-30-28-21/h4-9,16-17H,3,10-15H2,1-2H3,(H,28,29,30). The minimum absolute atomic E-state index is 0.0159. The van der Waals surface area contributed by atoms with Crippen molar-refractivity contribution < 1.29 is 41.9 Å². The molecule has 222 valence electrons. The third-order valence-corrected chi connectivity index (χ3v) is 8.19. The third-order valence-electron chi connectivity index (χ3n) is 6.43. The second-order valence-electron chi connectivity index (χ2n) is 9.68. The van der Waals surface area contributed by atoms with Crippen LogP contribution in [0.2, 0.25) is 0 Å². The fraction of sp³-hybridized carbons (Fsp3) is 0.370. The first kappa shape index (κ1) is 30.3. The van der Waals surface area contributed by atoms with Crippen LogP contribution >= 0.6 is 0 Å². The minimum atomic E-state index is -4.36. The number of ether oxygens (including phenoxy) is 2. The van der Waals surface area contributed by atoms with E-state index in [1.165, 1.54) is 17.0 Å². The summed E-state index contributed by atoms with van der Waals surface area (Å²) in [5.41, 5.74) is 1.71. The largest absolute Gasteiger partial charge is 0.465 e. The number of sulfonamides is 1. The van der Waals surface area contributed by atoms with E-state index in [0.29, 0.717) is 16.6 Å². The fourth-order valence-corrected chi connectivity index (χ4v) is 5.61. The Morgan fingerprint density at radius 1 is 0.976 bits per heavy atom. The van der Waals surface area contributed by atoms with Crippen molar-refractivity contribution in [3.8, 4) is 0 Å². The number of imide groups is 1. The van der Waals surface area contributed by atoms with Gasteiger partial charge in [-0.15, -0.1) is 5.10 Å². The molecule has 1 N–H and O–H groups in total. The van der Waals surface area contributed by atoms with E-state index in [2.05, 4.69) is 15.4 Å². The van der Waals surface area contributed by atoms with Crippen LogP contribution in [0.4, 0.5) is 0 Å². The van der Waals surface area contributed by atoms with Crippen molar-refractivity contribution in [1.82, 2.24) is 24.6 Å². The fourth-order valence-electron chi connectivity index (χ4n) is 4.20. The first-order valence-corrected chi connectivity index (χ1v) is 14.6. The molecule has 0 bridgehead atoms. The lowest BCUT2D eigenvalue weighted by atomic mass is 10.1. The number of carbonyl (C=O) groups excluding carboxylic acids is 5. The van der Waals surface area contributed by atoms with Crippen molar-refractivity contribution in [1.29, 1.82) is 0 Å². The number of carbonyl (C=O) groups is 5. The Labute approximate surface area is 241 Å². The van der Waals surface area contributed by atoms with Crippen LogP contribution in [-0.2, 0) is 33.9 Å². The number of amides is 3. The lowest BCUT2D eigenvalue weighted by molar-refractivity contribution is -0.144. The van der Waals surface area contributed by atoms with Crippen molar-refractivity contribution in [3.63, 3.8) is 0 Å². The minimum Gasteiger partial charge on any atom is -0.465 e. The molecule has 1 fully saturated rings. The summed E-state index contributed by atoms with van der Waals surface area (Å²) in [4.78, 5) is 62.5. The van der Waals surface area contributed by atoms with Crippen LogP contribution in [0, 0.1) is 0 Å². The number of rotatable bonds is 12. The average molecular weight is 600 g/mol. The first-order chi connectivity index (χ1) is 20.0. The van der Waals surface area contributed by atoms with E-state index in [-0.39, 0.29) is 66.2 Å². The van der Waals surface area contributed by atoms with Crippen molar-refractivity contribution >= 4 is 50.7 Å². The Bertz CT molecular complexity index is 1600. The maximum atomic E-state index is 13.1. The van der Waals surface area contributed by atoms with Gasteiger partial charge in [-0.3, -0.25) is 24.3 Å². The molecule has 1 aliphatic rings. The summed E-state index contributed by atoms with van der Waals surface area (Å²) >= 11 is 0. The number of esters is 2. The van der Waals surface area contributed by atoms with E-state index in [4.69, 9.17) is 9.47 Å². The molecule has 0 unspecified atom stereocenters. The summed E-state index contributed by atoms with van der Waals surface area (Å²) < 4.78 is 36.1. The molecule has 0 atom stereocenters. The molecule has 0 aliphatic carbocycles. The Balaban J connectivity index is 1.23. The highest BCUT2D eigenvalue weighted by Gasteiger charge is 2.39. The Morgan fingerprint density at radius 2 is 1.62 bits per heavy atom. The third kappa shape index (κ3) is 6.79. The number of H-pyrrole nitrogens is 1. The molecule has 3 amide bonds. The van der Waals surface area contributed by atoms with Gasteiger partial charge in [-0.25, -0.2) is 13.2 Å². The number of nitrogens with zero attached hydrogens (tertiary/aromatic N) is 4. The molecule has 1 aliphatic heterocycles. The highest BCUT2D eigenvalue weighted by Crippen LogP contribution is 2.24. The molecule has 4 rings (SSSR count). The smallest absolute Gasteiger partial charge is 0.338 e. The number of fused-ring (bicyclic) bond motifs is 1. The summed E-state index contributed by atoms with van der Waals surface area (Å²) in [6.07, 6.45) is -0.153. The summed E-state index contributed by atoms with van der Waals surface area (Å²) in [5.74, 6) is -3.11. The topological polar surface area (TPSA) is 186 Å². The van der Waals surface area contributed by atoms with Gasteiger partial charge in [0.2, 0.25) is 11.8 Å². The van der Waals surface area contributed by atoms with Gasteiger partial charge in [-0.1, -0.05) is 5.21 Å². The van der Waals surface area contributed by atoms with Gasteiger partial charge >= 0.3 is 11.9 Å². The van der Waals surface area contributed by atoms with Crippen LogP contribution in [0.1, 0.15) is 60.2 Å². The van der Waals surface area contributed by atoms with Gasteiger partial charge in [0.05, 0.1) is 35.6 Å². The van der Waals surface area contributed by atoms with Crippen LogP contribution in [-0.4, -0.2) is 88.5 Å². The Kier molecular flexibility index (Phi) is 9.30. The second-order valence-corrected chi connectivity index (χ2v) is 11.5. The highest BCUT2D eigenvalue weighted by atomic mass is 32.2. The monoisotopic (exact) mass is 599 g/mol. The van der Waals surface area contributed by atoms with Crippen LogP contribution < -0.4 is 0 Å². The lowest BCUT2D eigenvalue weighted by Crippen LogP contribution is -2.38. The zero-order valence-electron chi connectivity index (χ0n) is 22.9. The summed E-state index contributed by atoms with van der Waals surface area (Å²) in [7, 11) is -4.36. The van der Waals surface area contributed by atoms with Gasteiger partial charge in [0.25, 0.3) is 15.9 Å². The van der Waals surface area contributed by atoms with Crippen LogP contribution in [0.5, 0.6) is 0 Å². The summed E-state index contributed by atoms with van der Waals surface area (Å²) in [5, 5.41) is 10.2. The summed E-state index contributed by atoms with van der Waals surface area (Å²) in [6.45, 7) is 3.63. The van der Waals surface area contributed by atoms with E-state index in [9.17, 15) is 32.4 Å². The number of nitrogens with one attached hydrogen (secondary N) is 1. The van der Waals surface area contributed by atoms with Crippen molar-refractivity contribution in [2.45, 2.75) is 50.5 Å². The maximum absolute atomic E-state index is 13.1. The molecule has 2 heterocycles. The van der Waals surface area contributed by atoms with Gasteiger partial charge in [-0.2, -0.15) is 4.31 Å². The van der Waals surface area contributed by atoms with Crippen molar-refractivity contribution in [2.75, 3.05) is 19.8 Å². The van der Waals surface area contributed by atoms with Crippen molar-refractivity contribution in [3.05, 3.63) is 53.6 Å².